The van der Waals surface area contributed by atoms with Crippen LogP contribution in [0.4, 0.5) is 5.69 Å². The highest BCUT2D eigenvalue weighted by molar-refractivity contribution is 8.01. The van der Waals surface area contributed by atoms with Crippen molar-refractivity contribution in [1.29, 1.82) is 0 Å². The molecular formula is C11H14N4O4S2. The van der Waals surface area contributed by atoms with Gasteiger partial charge in [0.2, 0.25) is 4.96 Å². The zero-order valence-electron chi connectivity index (χ0n) is 11.3. The van der Waals surface area contributed by atoms with E-state index in [1.807, 2.05) is 0 Å². The zero-order valence-corrected chi connectivity index (χ0v) is 12.9. The van der Waals surface area contributed by atoms with Gasteiger partial charge in [-0.1, -0.05) is 49.3 Å². The summed E-state index contributed by atoms with van der Waals surface area (Å²) in [5.41, 5.74) is -2.00. The molecule has 2 rings (SSSR count). The lowest BCUT2D eigenvalue weighted by Gasteiger charge is -1.97. The third-order valence-corrected chi connectivity index (χ3v) is 4.89. The Bertz CT molecular complexity index is 712. The van der Waals surface area contributed by atoms with E-state index in [-0.39, 0.29) is 4.96 Å². The molecule has 2 aromatic heterocycles. The van der Waals surface area contributed by atoms with E-state index in [2.05, 4.69) is 17.0 Å². The highest BCUT2D eigenvalue weighted by atomic mass is 32.2. The van der Waals surface area contributed by atoms with Crippen LogP contribution < -0.4 is 5.56 Å². The number of rotatable bonds is 7. The van der Waals surface area contributed by atoms with Crippen molar-refractivity contribution in [1.82, 2.24) is 14.6 Å². The summed E-state index contributed by atoms with van der Waals surface area (Å²) in [6.45, 7) is 2.14. The van der Waals surface area contributed by atoms with Gasteiger partial charge in [-0.2, -0.15) is 9.50 Å². The highest BCUT2D eigenvalue weighted by Gasteiger charge is 2.25. The maximum absolute atomic E-state index is 11.5. The molecule has 21 heavy (non-hydrogen) atoms. The van der Waals surface area contributed by atoms with E-state index >= 15 is 0 Å². The van der Waals surface area contributed by atoms with E-state index in [1.54, 1.807) is 0 Å². The average molecular weight is 330 g/mol. The Labute approximate surface area is 128 Å². The minimum Gasteiger partial charge on any atom is -0.488 e. The lowest BCUT2D eigenvalue weighted by Crippen LogP contribution is -2.14. The highest BCUT2D eigenvalue weighted by Crippen LogP contribution is 2.29. The Hall–Kier alpha value is -1.68. The number of hydrogen-bond acceptors (Lipinski definition) is 8. The molecule has 8 nitrogen and oxygen atoms in total. The van der Waals surface area contributed by atoms with Crippen molar-refractivity contribution in [3.05, 3.63) is 20.5 Å². The summed E-state index contributed by atoms with van der Waals surface area (Å²) in [7, 11) is 0. The molecule has 0 aliphatic carbocycles. The molecule has 10 heteroatoms. The monoisotopic (exact) mass is 330 g/mol. The standard InChI is InChI=1S/C11H14N4O4S2/c1-2-3-4-5-6-20-11-13-14-9(17)7(15(18)19)8(16)12-10(14)21-11/h17H,2-6H2,1H3. The molecule has 0 saturated heterocycles. The van der Waals surface area contributed by atoms with Gasteiger partial charge in [0, 0.05) is 5.75 Å². The fourth-order valence-electron chi connectivity index (χ4n) is 1.72. The third-order valence-electron chi connectivity index (χ3n) is 2.76. The molecule has 0 aromatic carbocycles. The van der Waals surface area contributed by atoms with Crippen molar-refractivity contribution in [2.24, 2.45) is 0 Å². The second-order valence-corrected chi connectivity index (χ2v) is 6.62. The second-order valence-electron chi connectivity index (χ2n) is 4.32. The smallest absolute Gasteiger partial charge is 0.397 e. The van der Waals surface area contributed by atoms with Gasteiger partial charge in [-0.3, -0.25) is 14.9 Å². The van der Waals surface area contributed by atoms with Crippen LogP contribution in [0, 0.1) is 10.1 Å². The Morgan fingerprint density at radius 3 is 2.86 bits per heavy atom. The number of nitrogens with zero attached hydrogens (tertiary/aromatic N) is 4. The van der Waals surface area contributed by atoms with Gasteiger partial charge < -0.3 is 5.11 Å². The van der Waals surface area contributed by atoms with Crippen LogP contribution >= 0.6 is 23.1 Å². The predicted octanol–water partition coefficient (Wildman–Crippen LogP) is 2.44. The van der Waals surface area contributed by atoms with Crippen molar-refractivity contribution in [3.63, 3.8) is 0 Å². The minimum absolute atomic E-state index is 0.152. The van der Waals surface area contributed by atoms with Crippen LogP contribution in [0.25, 0.3) is 4.96 Å². The van der Waals surface area contributed by atoms with E-state index < -0.39 is 22.0 Å². The molecule has 0 amide bonds. The van der Waals surface area contributed by atoms with Gasteiger partial charge in [-0.15, -0.1) is 5.10 Å². The first-order valence-corrected chi connectivity index (χ1v) is 8.24. The molecule has 0 fully saturated rings. The Morgan fingerprint density at radius 1 is 1.43 bits per heavy atom. The molecule has 0 atom stereocenters. The van der Waals surface area contributed by atoms with Gasteiger partial charge >= 0.3 is 17.1 Å². The molecule has 0 aliphatic rings. The normalized spacial score (nSPS) is 11.1. The van der Waals surface area contributed by atoms with Crippen molar-refractivity contribution in [2.75, 3.05) is 5.75 Å². The molecule has 2 aromatic rings. The lowest BCUT2D eigenvalue weighted by molar-refractivity contribution is -0.387. The topological polar surface area (TPSA) is 111 Å². The van der Waals surface area contributed by atoms with Crippen LogP contribution in [0.1, 0.15) is 32.6 Å². The van der Waals surface area contributed by atoms with Crippen LogP contribution in [0.15, 0.2) is 9.13 Å². The maximum Gasteiger partial charge on any atom is 0.397 e. The van der Waals surface area contributed by atoms with Gasteiger partial charge in [-0.05, 0) is 6.42 Å². The summed E-state index contributed by atoms with van der Waals surface area (Å²) in [6, 6.07) is 0. The summed E-state index contributed by atoms with van der Waals surface area (Å²) >= 11 is 2.62. The predicted molar refractivity (Wildman–Crippen MR) is 80.3 cm³/mol. The number of thioether (sulfide) groups is 1. The third kappa shape index (κ3) is 3.50. The van der Waals surface area contributed by atoms with Crippen LogP contribution in [-0.2, 0) is 0 Å². The first-order chi connectivity index (χ1) is 10.0. The summed E-state index contributed by atoms with van der Waals surface area (Å²) in [4.78, 5) is 25.0. The molecule has 2 heterocycles. The lowest BCUT2D eigenvalue weighted by atomic mass is 10.2. The Kier molecular flexibility index (Phi) is 5.12. The van der Waals surface area contributed by atoms with Gasteiger partial charge in [0.15, 0.2) is 4.34 Å². The molecule has 0 saturated carbocycles. The molecule has 0 radical (unpaired) electrons. The summed E-state index contributed by atoms with van der Waals surface area (Å²) in [5, 5.41) is 24.6. The molecule has 0 unspecified atom stereocenters. The number of aromatic nitrogens is 3. The number of unbranched alkanes of at least 4 members (excludes halogenated alkanes) is 3. The molecule has 1 N–H and O–H groups in total. The van der Waals surface area contributed by atoms with Crippen LogP contribution in [0.2, 0.25) is 0 Å². The second kappa shape index (κ2) is 6.85. The summed E-state index contributed by atoms with van der Waals surface area (Å²) < 4.78 is 1.56. The van der Waals surface area contributed by atoms with Crippen LogP contribution in [0.5, 0.6) is 5.88 Å². The average Bonchev–Trinajstić information content (AvgIpc) is 2.81. The van der Waals surface area contributed by atoms with E-state index in [9.17, 15) is 20.0 Å². The van der Waals surface area contributed by atoms with E-state index in [0.717, 1.165) is 40.9 Å². The molecule has 0 spiro atoms. The first kappa shape index (κ1) is 15.7. The van der Waals surface area contributed by atoms with Crippen molar-refractivity contribution >= 4 is 33.7 Å². The van der Waals surface area contributed by atoms with Crippen molar-refractivity contribution in [3.8, 4) is 5.88 Å². The number of fused-ring (bicyclic) bond motifs is 1. The molecule has 114 valence electrons. The fourth-order valence-corrected chi connectivity index (χ4v) is 3.71. The number of aromatic hydroxyl groups is 1. The largest absolute Gasteiger partial charge is 0.488 e. The quantitative estimate of drug-likeness (QED) is 0.359. The van der Waals surface area contributed by atoms with Crippen LogP contribution in [-0.4, -0.2) is 30.4 Å². The zero-order chi connectivity index (χ0) is 15.4. The number of nitro groups is 1. The minimum atomic E-state index is -1.05. The first-order valence-electron chi connectivity index (χ1n) is 6.44. The van der Waals surface area contributed by atoms with Crippen LogP contribution in [0.3, 0.4) is 0 Å². The molecule has 0 aliphatic heterocycles. The van der Waals surface area contributed by atoms with E-state index in [4.69, 9.17) is 0 Å². The van der Waals surface area contributed by atoms with Gasteiger partial charge in [0.1, 0.15) is 0 Å². The Morgan fingerprint density at radius 2 is 2.19 bits per heavy atom. The van der Waals surface area contributed by atoms with E-state index in [0.29, 0.717) is 4.34 Å². The van der Waals surface area contributed by atoms with Crippen molar-refractivity contribution in [2.45, 2.75) is 36.9 Å². The number of hydrogen-bond donors (Lipinski definition) is 1. The van der Waals surface area contributed by atoms with Gasteiger partial charge in [0.25, 0.3) is 0 Å². The van der Waals surface area contributed by atoms with Crippen molar-refractivity contribution < 1.29 is 10.0 Å². The SMILES string of the molecule is CCCCCCSc1nn2c(O)c([N+](=O)[O-])c(=O)nc2s1. The maximum atomic E-state index is 11.5. The molecular weight excluding hydrogens is 316 g/mol. The fraction of sp³-hybridized carbons (Fsp3) is 0.545. The summed E-state index contributed by atoms with van der Waals surface area (Å²) in [5.74, 6) is 0.0945. The summed E-state index contributed by atoms with van der Waals surface area (Å²) in [6.07, 6.45) is 4.53. The van der Waals surface area contributed by atoms with Gasteiger partial charge in [-0.25, -0.2) is 0 Å². The molecule has 0 bridgehead atoms. The van der Waals surface area contributed by atoms with Gasteiger partial charge in [0.05, 0.1) is 4.92 Å². The Balaban J connectivity index is 2.20. The van der Waals surface area contributed by atoms with E-state index in [1.165, 1.54) is 18.2 Å².